The molecule has 0 aromatic rings. The SMILES string of the molecule is C=CCC[N+](CCO)(CCO)CCO. The van der Waals surface area contributed by atoms with Gasteiger partial charge in [-0.25, -0.2) is 0 Å². The van der Waals surface area contributed by atoms with Crippen LogP contribution in [0.5, 0.6) is 0 Å². The smallest absolute Gasteiger partial charge is 0.102 e. The summed E-state index contributed by atoms with van der Waals surface area (Å²) in [5, 5.41) is 26.8. The lowest BCUT2D eigenvalue weighted by Crippen LogP contribution is -2.53. The van der Waals surface area contributed by atoms with E-state index in [4.69, 9.17) is 15.3 Å². The van der Waals surface area contributed by atoms with Crippen molar-refractivity contribution in [2.45, 2.75) is 6.42 Å². The zero-order chi connectivity index (χ0) is 10.9. The minimum atomic E-state index is 0.0805. The number of hydrogen-bond donors (Lipinski definition) is 3. The number of aliphatic hydroxyl groups excluding tert-OH is 3. The maximum absolute atomic E-state index is 8.95. The molecular weight excluding hydrogens is 182 g/mol. The zero-order valence-corrected chi connectivity index (χ0v) is 8.73. The molecular formula is C10H22NO3+. The first-order valence-corrected chi connectivity index (χ1v) is 5.03. The fraction of sp³-hybridized carbons (Fsp3) is 0.800. The molecule has 0 rings (SSSR count). The first-order chi connectivity index (χ1) is 6.74. The first-order valence-electron chi connectivity index (χ1n) is 5.03. The minimum Gasteiger partial charge on any atom is -0.391 e. The Labute approximate surface area is 85.7 Å². The third-order valence-electron chi connectivity index (χ3n) is 2.53. The number of quaternary nitrogens is 1. The van der Waals surface area contributed by atoms with Crippen molar-refractivity contribution >= 4 is 0 Å². The van der Waals surface area contributed by atoms with E-state index in [0.717, 1.165) is 13.0 Å². The van der Waals surface area contributed by atoms with Gasteiger partial charge in [0, 0.05) is 6.42 Å². The molecule has 0 saturated carbocycles. The van der Waals surface area contributed by atoms with Crippen LogP contribution in [0.25, 0.3) is 0 Å². The monoisotopic (exact) mass is 204 g/mol. The molecule has 0 aliphatic rings. The fourth-order valence-corrected chi connectivity index (χ4v) is 1.67. The lowest BCUT2D eigenvalue weighted by molar-refractivity contribution is -0.928. The highest BCUT2D eigenvalue weighted by molar-refractivity contribution is 4.65. The van der Waals surface area contributed by atoms with Crippen LogP contribution in [0, 0.1) is 0 Å². The minimum absolute atomic E-state index is 0.0805. The molecule has 0 spiro atoms. The van der Waals surface area contributed by atoms with Crippen LogP contribution >= 0.6 is 0 Å². The lowest BCUT2D eigenvalue weighted by atomic mass is 10.2. The summed E-state index contributed by atoms with van der Waals surface area (Å²) in [6, 6.07) is 0. The van der Waals surface area contributed by atoms with Crippen molar-refractivity contribution in [3.63, 3.8) is 0 Å². The molecule has 0 radical (unpaired) electrons. The molecule has 0 fully saturated rings. The molecule has 4 heteroatoms. The summed E-state index contributed by atoms with van der Waals surface area (Å²) in [6.45, 7) is 6.43. The van der Waals surface area contributed by atoms with Gasteiger partial charge in [-0.2, -0.15) is 0 Å². The van der Waals surface area contributed by atoms with Gasteiger partial charge in [-0.15, -0.1) is 6.58 Å². The van der Waals surface area contributed by atoms with E-state index in [1.54, 1.807) is 0 Å². The van der Waals surface area contributed by atoms with Gasteiger partial charge in [0.05, 0.1) is 26.4 Å². The normalized spacial score (nSPS) is 11.6. The Balaban J connectivity index is 4.28. The molecule has 0 saturated heterocycles. The first kappa shape index (κ1) is 13.6. The maximum atomic E-state index is 8.95. The van der Waals surface area contributed by atoms with E-state index in [1.165, 1.54) is 0 Å². The summed E-state index contributed by atoms with van der Waals surface area (Å²) in [7, 11) is 0. The van der Waals surface area contributed by atoms with Crippen molar-refractivity contribution in [2.24, 2.45) is 0 Å². The summed E-state index contributed by atoms with van der Waals surface area (Å²) in [5.74, 6) is 0. The topological polar surface area (TPSA) is 60.7 Å². The molecule has 84 valence electrons. The van der Waals surface area contributed by atoms with E-state index >= 15 is 0 Å². The van der Waals surface area contributed by atoms with E-state index < -0.39 is 0 Å². The molecule has 4 nitrogen and oxygen atoms in total. The van der Waals surface area contributed by atoms with Gasteiger partial charge in [0.2, 0.25) is 0 Å². The van der Waals surface area contributed by atoms with Crippen molar-refractivity contribution in [1.82, 2.24) is 0 Å². The van der Waals surface area contributed by atoms with Crippen LogP contribution in [0.1, 0.15) is 6.42 Å². The number of nitrogens with zero attached hydrogens (tertiary/aromatic N) is 1. The molecule has 0 bridgehead atoms. The average molecular weight is 204 g/mol. The Morgan fingerprint density at radius 3 is 1.57 bits per heavy atom. The maximum Gasteiger partial charge on any atom is 0.102 e. The molecule has 14 heavy (non-hydrogen) atoms. The third-order valence-corrected chi connectivity index (χ3v) is 2.53. The highest BCUT2D eigenvalue weighted by Gasteiger charge is 2.24. The molecule has 0 aromatic heterocycles. The Morgan fingerprint density at radius 1 is 0.857 bits per heavy atom. The molecule has 0 unspecified atom stereocenters. The Morgan fingerprint density at radius 2 is 1.29 bits per heavy atom. The highest BCUT2D eigenvalue weighted by atomic mass is 16.3. The highest BCUT2D eigenvalue weighted by Crippen LogP contribution is 2.07. The second-order valence-corrected chi connectivity index (χ2v) is 3.48. The van der Waals surface area contributed by atoms with E-state index in [1.807, 2.05) is 6.08 Å². The summed E-state index contributed by atoms with van der Waals surface area (Å²) in [4.78, 5) is 0. The van der Waals surface area contributed by atoms with Crippen LogP contribution in [0.3, 0.4) is 0 Å². The molecule has 0 aliphatic heterocycles. The summed E-state index contributed by atoms with van der Waals surface area (Å²) < 4.78 is 0.565. The van der Waals surface area contributed by atoms with Gasteiger partial charge in [-0.05, 0) is 0 Å². The van der Waals surface area contributed by atoms with Crippen LogP contribution < -0.4 is 0 Å². The Kier molecular flexibility index (Phi) is 7.70. The largest absolute Gasteiger partial charge is 0.391 e. The number of aliphatic hydroxyl groups is 3. The second kappa shape index (κ2) is 7.94. The quantitative estimate of drug-likeness (QED) is 0.346. The van der Waals surface area contributed by atoms with Crippen LogP contribution in [0.4, 0.5) is 0 Å². The van der Waals surface area contributed by atoms with Crippen molar-refractivity contribution < 1.29 is 19.8 Å². The Hall–Kier alpha value is -0.420. The van der Waals surface area contributed by atoms with Gasteiger partial charge in [0.25, 0.3) is 0 Å². The predicted molar refractivity (Wildman–Crippen MR) is 55.8 cm³/mol. The van der Waals surface area contributed by atoms with Gasteiger partial charge in [0.1, 0.15) is 19.6 Å². The van der Waals surface area contributed by atoms with Crippen LogP contribution in [0.15, 0.2) is 12.7 Å². The molecule has 0 atom stereocenters. The van der Waals surface area contributed by atoms with E-state index in [9.17, 15) is 0 Å². The Bertz CT molecular complexity index is 133. The molecule has 0 amide bonds. The van der Waals surface area contributed by atoms with Crippen LogP contribution in [-0.2, 0) is 0 Å². The zero-order valence-electron chi connectivity index (χ0n) is 8.73. The van der Waals surface area contributed by atoms with Crippen LogP contribution in [-0.4, -0.2) is 65.8 Å². The third kappa shape index (κ3) is 4.72. The van der Waals surface area contributed by atoms with E-state index in [2.05, 4.69) is 6.58 Å². The van der Waals surface area contributed by atoms with E-state index in [0.29, 0.717) is 24.1 Å². The van der Waals surface area contributed by atoms with E-state index in [-0.39, 0.29) is 19.8 Å². The van der Waals surface area contributed by atoms with Gasteiger partial charge < -0.3 is 19.8 Å². The predicted octanol–water partition coefficient (Wildman–Crippen LogP) is -0.644. The summed E-state index contributed by atoms with van der Waals surface area (Å²) in [6.07, 6.45) is 2.65. The van der Waals surface area contributed by atoms with Gasteiger partial charge in [-0.1, -0.05) is 6.08 Å². The van der Waals surface area contributed by atoms with Crippen molar-refractivity contribution in [3.05, 3.63) is 12.7 Å². The molecule has 0 aromatic carbocycles. The summed E-state index contributed by atoms with van der Waals surface area (Å²) >= 11 is 0. The summed E-state index contributed by atoms with van der Waals surface area (Å²) in [5.41, 5.74) is 0. The molecule has 3 N–H and O–H groups in total. The van der Waals surface area contributed by atoms with Crippen molar-refractivity contribution in [2.75, 3.05) is 46.0 Å². The van der Waals surface area contributed by atoms with Gasteiger partial charge in [-0.3, -0.25) is 0 Å². The van der Waals surface area contributed by atoms with Crippen molar-refractivity contribution in [1.29, 1.82) is 0 Å². The van der Waals surface area contributed by atoms with Gasteiger partial charge in [0.15, 0.2) is 0 Å². The standard InChI is InChI=1S/C10H22NO3/c1-2-3-4-11(5-8-12,6-9-13)7-10-14/h2,12-14H,1,3-10H2/q+1. The average Bonchev–Trinajstić information content (AvgIpc) is 2.16. The lowest BCUT2D eigenvalue weighted by Gasteiger charge is -2.37. The van der Waals surface area contributed by atoms with Gasteiger partial charge >= 0.3 is 0 Å². The van der Waals surface area contributed by atoms with Crippen LogP contribution in [0.2, 0.25) is 0 Å². The molecule has 0 heterocycles. The van der Waals surface area contributed by atoms with Crippen molar-refractivity contribution in [3.8, 4) is 0 Å². The number of hydrogen-bond acceptors (Lipinski definition) is 3. The second-order valence-electron chi connectivity index (χ2n) is 3.48. The fourth-order valence-electron chi connectivity index (χ4n) is 1.67. The molecule has 0 aliphatic carbocycles. The number of rotatable bonds is 9.